The molecule has 2 amide bonds. The van der Waals surface area contributed by atoms with Gasteiger partial charge in [0.25, 0.3) is 10.0 Å². The fraction of sp³-hybridized carbons (Fsp3) is 0.450. The first-order valence-corrected chi connectivity index (χ1v) is 11.7. The zero-order valence-electron chi connectivity index (χ0n) is 17.9. The number of benzene rings is 1. The van der Waals surface area contributed by atoms with Crippen LogP contribution < -0.4 is 25.4 Å². The highest BCUT2D eigenvalue weighted by atomic mass is 32.2. The highest BCUT2D eigenvalue weighted by molar-refractivity contribution is 7.92. The molecule has 0 aliphatic carbocycles. The molecule has 1 heterocycles. The van der Waals surface area contributed by atoms with Gasteiger partial charge < -0.3 is 20.7 Å². The Labute approximate surface area is 188 Å². The van der Waals surface area contributed by atoms with Gasteiger partial charge in [-0.1, -0.05) is 13.0 Å². The average Bonchev–Trinajstić information content (AvgIpc) is 3.01. The number of rotatable bonds is 10. The summed E-state index contributed by atoms with van der Waals surface area (Å²) < 4.78 is 33.4. The third kappa shape index (κ3) is 5.16. The third-order valence-corrected chi connectivity index (χ3v) is 7.23. The van der Waals surface area contributed by atoms with Gasteiger partial charge >= 0.3 is 0 Å². The first-order valence-electron chi connectivity index (χ1n) is 9.81. The monoisotopic (exact) mass is 468 g/mol. The van der Waals surface area contributed by atoms with Crippen LogP contribution in [0.2, 0.25) is 0 Å². The molecule has 170 valence electrons. The zero-order valence-corrected chi connectivity index (χ0v) is 19.6. The number of sulfonamides is 1. The van der Waals surface area contributed by atoms with E-state index >= 15 is 0 Å². The fourth-order valence-corrected chi connectivity index (χ4v) is 5.27. The van der Waals surface area contributed by atoms with Crippen molar-refractivity contribution in [2.24, 2.45) is 5.41 Å². The van der Waals surface area contributed by atoms with Gasteiger partial charge in [0.1, 0.15) is 10.6 Å². The largest absolute Gasteiger partial charge is 0.495 e. The number of ether oxygens (including phenoxy) is 1. The minimum Gasteiger partial charge on any atom is -0.495 e. The maximum Gasteiger partial charge on any atom is 0.267 e. The Kier molecular flexibility index (Phi) is 8.02. The molecule has 1 aromatic rings. The number of hydrogen-bond donors (Lipinski definition) is 4. The molecule has 0 saturated heterocycles. The zero-order chi connectivity index (χ0) is 23.2. The standard InChI is InChI=1S/C20H28N4O5S2/c1-5-20(13(3)11-22-18(20)26)10-15(23-12-25)14-7-8-16(29-4)17(9-14)31(27,28)24-19(30)21-6-2/h7-9,11-12,15H,5-6,10H2,1-4H3,(H,22,26)(H,23,25)(H2,21,24,30). The number of carbonyl (C=O) groups excluding carboxylic acids is 2. The van der Waals surface area contributed by atoms with Crippen LogP contribution in [0.4, 0.5) is 0 Å². The van der Waals surface area contributed by atoms with E-state index in [9.17, 15) is 18.0 Å². The molecule has 0 aromatic heterocycles. The maximum atomic E-state index is 12.9. The van der Waals surface area contributed by atoms with Crippen LogP contribution in [0.3, 0.4) is 0 Å². The molecular formula is C20H28N4O5S2. The van der Waals surface area contributed by atoms with Gasteiger partial charge in [-0.25, -0.2) is 8.42 Å². The molecule has 0 fully saturated rings. The Bertz CT molecular complexity index is 993. The van der Waals surface area contributed by atoms with E-state index in [2.05, 4.69) is 20.7 Å². The molecule has 31 heavy (non-hydrogen) atoms. The van der Waals surface area contributed by atoms with E-state index in [0.717, 1.165) is 5.57 Å². The Balaban J connectivity index is 2.49. The molecule has 0 spiro atoms. The van der Waals surface area contributed by atoms with Crippen molar-refractivity contribution in [1.29, 1.82) is 0 Å². The SMILES string of the molecule is CCNC(=S)NS(=O)(=O)c1cc(C(CC2(CC)C(=O)NC=C2C)NC=O)ccc1OC. The smallest absolute Gasteiger partial charge is 0.267 e. The van der Waals surface area contributed by atoms with E-state index in [-0.39, 0.29) is 28.1 Å². The van der Waals surface area contributed by atoms with Gasteiger partial charge in [-0.15, -0.1) is 0 Å². The number of methoxy groups -OCH3 is 1. The summed E-state index contributed by atoms with van der Waals surface area (Å²) >= 11 is 5.01. The van der Waals surface area contributed by atoms with Crippen LogP contribution >= 0.6 is 12.2 Å². The molecular weight excluding hydrogens is 440 g/mol. The van der Waals surface area contributed by atoms with Crippen LogP contribution in [-0.4, -0.2) is 39.5 Å². The minimum atomic E-state index is -4.05. The molecule has 0 bridgehead atoms. The lowest BCUT2D eigenvalue weighted by Crippen LogP contribution is -2.39. The molecule has 1 aliphatic rings. The summed E-state index contributed by atoms with van der Waals surface area (Å²) in [5.74, 6) is -0.0236. The van der Waals surface area contributed by atoms with Crippen molar-refractivity contribution in [2.75, 3.05) is 13.7 Å². The molecule has 9 nitrogen and oxygen atoms in total. The predicted molar refractivity (Wildman–Crippen MR) is 121 cm³/mol. The minimum absolute atomic E-state index is 0.0363. The van der Waals surface area contributed by atoms with Crippen LogP contribution in [0.25, 0.3) is 0 Å². The first kappa shape index (κ1) is 24.6. The van der Waals surface area contributed by atoms with Crippen molar-refractivity contribution < 1.29 is 22.7 Å². The van der Waals surface area contributed by atoms with Crippen LogP contribution in [0.1, 0.15) is 45.2 Å². The first-order chi connectivity index (χ1) is 14.6. The molecule has 0 saturated carbocycles. The van der Waals surface area contributed by atoms with E-state index in [1.807, 2.05) is 13.8 Å². The van der Waals surface area contributed by atoms with Crippen LogP contribution in [0, 0.1) is 5.41 Å². The summed E-state index contributed by atoms with van der Waals surface area (Å²) in [5, 5.41) is 8.15. The highest BCUT2D eigenvalue weighted by Gasteiger charge is 2.43. The Morgan fingerprint density at radius 3 is 2.58 bits per heavy atom. The second-order valence-electron chi connectivity index (χ2n) is 7.15. The summed E-state index contributed by atoms with van der Waals surface area (Å²) in [5.41, 5.74) is 0.574. The molecule has 4 N–H and O–H groups in total. The van der Waals surface area contributed by atoms with E-state index in [4.69, 9.17) is 17.0 Å². The molecule has 1 aromatic carbocycles. The van der Waals surface area contributed by atoms with Crippen LogP contribution in [-0.2, 0) is 19.6 Å². The lowest BCUT2D eigenvalue weighted by atomic mass is 9.73. The van der Waals surface area contributed by atoms with Gasteiger partial charge in [-0.05, 0) is 62.2 Å². The third-order valence-electron chi connectivity index (χ3n) is 5.48. The highest BCUT2D eigenvalue weighted by Crippen LogP contribution is 2.43. The number of hydrogen-bond acceptors (Lipinski definition) is 6. The van der Waals surface area contributed by atoms with Gasteiger partial charge in [0, 0.05) is 12.7 Å². The lowest BCUT2D eigenvalue weighted by molar-refractivity contribution is -0.128. The van der Waals surface area contributed by atoms with E-state index in [0.29, 0.717) is 24.9 Å². The van der Waals surface area contributed by atoms with Crippen molar-refractivity contribution in [1.82, 2.24) is 20.7 Å². The number of carbonyl (C=O) groups is 2. The van der Waals surface area contributed by atoms with Crippen molar-refractivity contribution >= 4 is 39.7 Å². The number of thiocarbonyl (C=S) groups is 1. The van der Waals surface area contributed by atoms with E-state index < -0.39 is 21.5 Å². The van der Waals surface area contributed by atoms with Gasteiger partial charge in [-0.2, -0.15) is 0 Å². The second kappa shape index (κ2) is 10.1. The molecule has 2 atom stereocenters. The predicted octanol–water partition coefficient (Wildman–Crippen LogP) is 1.48. The van der Waals surface area contributed by atoms with E-state index in [1.165, 1.54) is 19.2 Å². The van der Waals surface area contributed by atoms with Crippen LogP contribution in [0.15, 0.2) is 34.9 Å². The quantitative estimate of drug-likeness (QED) is 0.303. The Hall–Kier alpha value is -2.66. The molecule has 2 rings (SSSR count). The summed E-state index contributed by atoms with van der Waals surface area (Å²) in [4.78, 5) is 23.8. The molecule has 11 heteroatoms. The Morgan fingerprint density at radius 1 is 1.35 bits per heavy atom. The van der Waals surface area contributed by atoms with Crippen molar-refractivity contribution in [3.63, 3.8) is 0 Å². The lowest BCUT2D eigenvalue weighted by Gasteiger charge is -2.31. The van der Waals surface area contributed by atoms with E-state index in [1.54, 1.807) is 19.2 Å². The maximum absolute atomic E-state index is 12.9. The molecule has 0 radical (unpaired) electrons. The van der Waals surface area contributed by atoms with Crippen molar-refractivity contribution in [2.45, 2.75) is 44.6 Å². The summed E-state index contributed by atoms with van der Waals surface area (Å²) in [7, 11) is -2.69. The van der Waals surface area contributed by atoms with Crippen LogP contribution in [0.5, 0.6) is 5.75 Å². The summed E-state index contributed by atoms with van der Waals surface area (Å²) in [6, 6.07) is 3.99. The molecule has 2 unspecified atom stereocenters. The van der Waals surface area contributed by atoms with Crippen molar-refractivity contribution in [3.05, 3.63) is 35.5 Å². The van der Waals surface area contributed by atoms with Gasteiger partial charge in [0.15, 0.2) is 5.11 Å². The summed E-state index contributed by atoms with van der Waals surface area (Å²) in [6.07, 6.45) is 3.00. The second-order valence-corrected chi connectivity index (χ2v) is 9.21. The van der Waals surface area contributed by atoms with Crippen molar-refractivity contribution in [3.8, 4) is 5.75 Å². The number of amides is 2. The summed E-state index contributed by atoms with van der Waals surface area (Å²) in [6.45, 7) is 6.00. The van der Waals surface area contributed by atoms with Gasteiger partial charge in [-0.3, -0.25) is 14.3 Å². The van der Waals surface area contributed by atoms with Gasteiger partial charge in [0.05, 0.1) is 18.6 Å². The normalized spacial score (nSPS) is 19.1. The topological polar surface area (TPSA) is 126 Å². The van der Waals surface area contributed by atoms with Gasteiger partial charge in [0.2, 0.25) is 12.3 Å². The number of nitrogens with one attached hydrogen (secondary N) is 4. The Morgan fingerprint density at radius 2 is 2.06 bits per heavy atom. The average molecular weight is 469 g/mol. The molecule has 1 aliphatic heterocycles. The fourth-order valence-electron chi connectivity index (χ4n) is 3.66.